The molecule has 2 N–H and O–H groups in total. The molecule has 0 bridgehead atoms. The van der Waals surface area contributed by atoms with E-state index in [2.05, 4.69) is 17.2 Å². The van der Waals surface area contributed by atoms with Crippen LogP contribution < -0.4 is 5.32 Å². The largest absolute Gasteiger partial charge is 0.395 e. The highest BCUT2D eigenvalue weighted by atomic mass is 16.3. The van der Waals surface area contributed by atoms with Crippen molar-refractivity contribution >= 4 is 0 Å². The molecule has 0 spiro atoms. The number of benzene rings is 1. The van der Waals surface area contributed by atoms with E-state index in [1.54, 1.807) is 0 Å². The fourth-order valence-corrected chi connectivity index (χ4v) is 1.20. The lowest BCUT2D eigenvalue weighted by Crippen LogP contribution is -2.31. The van der Waals surface area contributed by atoms with E-state index in [4.69, 9.17) is 5.11 Å². The van der Waals surface area contributed by atoms with Gasteiger partial charge in [0.05, 0.1) is 13.2 Å². The Morgan fingerprint density at radius 1 is 1.33 bits per heavy atom. The van der Waals surface area contributed by atoms with Crippen LogP contribution in [0.3, 0.4) is 0 Å². The first kappa shape index (κ1) is 11.8. The maximum atomic E-state index is 8.93. The van der Waals surface area contributed by atoms with Gasteiger partial charge in [0, 0.05) is 11.6 Å². The lowest BCUT2D eigenvalue weighted by Gasteiger charge is -2.10. The summed E-state index contributed by atoms with van der Waals surface area (Å²) >= 11 is 0. The van der Waals surface area contributed by atoms with Gasteiger partial charge in [-0.05, 0) is 18.6 Å². The molecule has 2 heteroatoms. The van der Waals surface area contributed by atoms with Crippen molar-refractivity contribution in [1.82, 2.24) is 5.32 Å². The fourth-order valence-electron chi connectivity index (χ4n) is 1.20. The van der Waals surface area contributed by atoms with Gasteiger partial charge in [0.2, 0.25) is 0 Å². The minimum atomic E-state index is 0.162. The van der Waals surface area contributed by atoms with Gasteiger partial charge in [-0.25, -0.2) is 0 Å². The molecule has 1 unspecified atom stereocenters. The van der Waals surface area contributed by atoms with Crippen LogP contribution in [0, 0.1) is 11.8 Å². The molecular weight excluding hydrogens is 186 g/mol. The van der Waals surface area contributed by atoms with Crippen molar-refractivity contribution in [3.05, 3.63) is 35.9 Å². The zero-order valence-electron chi connectivity index (χ0n) is 9.03. The number of hydrogen-bond donors (Lipinski definition) is 2. The van der Waals surface area contributed by atoms with E-state index >= 15 is 0 Å². The molecule has 0 heterocycles. The summed E-state index contributed by atoms with van der Waals surface area (Å²) in [6.07, 6.45) is 0.920. The maximum Gasteiger partial charge on any atom is 0.0584 e. The van der Waals surface area contributed by atoms with Crippen molar-refractivity contribution in [3.8, 4) is 11.8 Å². The molecule has 80 valence electrons. The third kappa shape index (κ3) is 4.64. The monoisotopic (exact) mass is 203 g/mol. The van der Waals surface area contributed by atoms with Gasteiger partial charge in [-0.15, -0.1) is 0 Å². The van der Waals surface area contributed by atoms with Gasteiger partial charge in [0.1, 0.15) is 0 Å². The number of nitrogens with one attached hydrogen (secondary N) is 1. The van der Waals surface area contributed by atoms with Crippen molar-refractivity contribution in [1.29, 1.82) is 0 Å². The number of aliphatic hydroxyl groups excluding tert-OH is 1. The molecule has 15 heavy (non-hydrogen) atoms. The van der Waals surface area contributed by atoms with Crippen molar-refractivity contribution in [2.75, 3.05) is 13.2 Å². The summed E-state index contributed by atoms with van der Waals surface area (Å²) in [5.41, 5.74) is 1.02. The molecule has 1 rings (SSSR count). The summed E-state index contributed by atoms with van der Waals surface area (Å²) in [6, 6.07) is 10.0. The second-order valence-electron chi connectivity index (χ2n) is 3.34. The Kier molecular flexibility index (Phi) is 5.54. The fraction of sp³-hybridized carbons (Fsp3) is 0.385. The SMILES string of the molecule is CCC(CO)NCC#Cc1ccccc1. The molecule has 0 aromatic heterocycles. The Bertz CT molecular complexity index is 319. The lowest BCUT2D eigenvalue weighted by atomic mass is 10.2. The standard InChI is InChI=1S/C13H17NO/c1-2-13(11-15)14-10-6-9-12-7-4-3-5-8-12/h3-5,7-8,13-15H,2,10-11H2,1H3. The van der Waals surface area contributed by atoms with E-state index < -0.39 is 0 Å². The van der Waals surface area contributed by atoms with Crippen LogP contribution in [0.4, 0.5) is 0 Å². The summed E-state index contributed by atoms with van der Waals surface area (Å²) in [6.45, 7) is 2.83. The van der Waals surface area contributed by atoms with Crippen LogP contribution in [0.25, 0.3) is 0 Å². The van der Waals surface area contributed by atoms with Crippen molar-refractivity contribution in [2.24, 2.45) is 0 Å². The summed E-state index contributed by atoms with van der Waals surface area (Å²) in [7, 11) is 0. The molecule has 0 aliphatic heterocycles. The Morgan fingerprint density at radius 2 is 2.07 bits per heavy atom. The molecule has 0 saturated heterocycles. The van der Waals surface area contributed by atoms with Gasteiger partial charge in [-0.3, -0.25) is 0 Å². The summed E-state index contributed by atoms with van der Waals surface area (Å²) in [5.74, 6) is 6.08. The van der Waals surface area contributed by atoms with Crippen molar-refractivity contribution in [2.45, 2.75) is 19.4 Å². The molecule has 0 amide bonds. The molecule has 0 radical (unpaired) electrons. The van der Waals surface area contributed by atoms with Gasteiger partial charge in [-0.1, -0.05) is 37.0 Å². The number of rotatable bonds is 4. The average Bonchev–Trinajstić information content (AvgIpc) is 2.31. The Hall–Kier alpha value is -1.30. The zero-order chi connectivity index (χ0) is 10.9. The molecule has 1 aromatic carbocycles. The highest BCUT2D eigenvalue weighted by Crippen LogP contribution is 1.94. The molecule has 0 fully saturated rings. The van der Waals surface area contributed by atoms with Crippen LogP contribution >= 0.6 is 0 Å². The third-order valence-corrected chi connectivity index (χ3v) is 2.20. The molecule has 1 atom stereocenters. The molecule has 0 aliphatic rings. The summed E-state index contributed by atoms with van der Waals surface area (Å²) in [4.78, 5) is 0. The summed E-state index contributed by atoms with van der Waals surface area (Å²) < 4.78 is 0. The maximum absolute atomic E-state index is 8.93. The van der Waals surface area contributed by atoms with Gasteiger partial charge >= 0.3 is 0 Å². The van der Waals surface area contributed by atoms with Gasteiger partial charge in [-0.2, -0.15) is 0 Å². The van der Waals surface area contributed by atoms with Crippen molar-refractivity contribution in [3.63, 3.8) is 0 Å². The minimum absolute atomic E-state index is 0.162. The van der Waals surface area contributed by atoms with Gasteiger partial charge in [0.15, 0.2) is 0 Å². The normalized spacial score (nSPS) is 11.6. The van der Waals surface area contributed by atoms with Crippen LogP contribution in [-0.2, 0) is 0 Å². The second kappa shape index (κ2) is 7.05. The number of hydrogen-bond acceptors (Lipinski definition) is 2. The van der Waals surface area contributed by atoms with Crippen LogP contribution in [0.15, 0.2) is 30.3 Å². The van der Waals surface area contributed by atoms with Crippen LogP contribution in [0.2, 0.25) is 0 Å². The lowest BCUT2D eigenvalue weighted by molar-refractivity contribution is 0.243. The van der Waals surface area contributed by atoms with E-state index in [1.165, 1.54) is 0 Å². The predicted molar refractivity (Wildman–Crippen MR) is 62.5 cm³/mol. The van der Waals surface area contributed by atoms with Crippen LogP contribution in [0.1, 0.15) is 18.9 Å². The highest BCUT2D eigenvalue weighted by Gasteiger charge is 1.99. The van der Waals surface area contributed by atoms with E-state index in [-0.39, 0.29) is 12.6 Å². The van der Waals surface area contributed by atoms with E-state index in [1.807, 2.05) is 37.3 Å². The van der Waals surface area contributed by atoms with Gasteiger partial charge in [0.25, 0.3) is 0 Å². The quantitative estimate of drug-likeness (QED) is 0.725. The minimum Gasteiger partial charge on any atom is -0.395 e. The molecule has 1 aromatic rings. The average molecular weight is 203 g/mol. The first-order valence-electron chi connectivity index (χ1n) is 5.25. The van der Waals surface area contributed by atoms with E-state index in [9.17, 15) is 0 Å². The zero-order valence-corrected chi connectivity index (χ0v) is 9.03. The smallest absolute Gasteiger partial charge is 0.0584 e. The molecular formula is C13H17NO. The Labute approximate surface area is 91.3 Å². The summed E-state index contributed by atoms with van der Waals surface area (Å²) in [5, 5.41) is 12.1. The van der Waals surface area contributed by atoms with Crippen LogP contribution in [-0.4, -0.2) is 24.3 Å². The molecule has 0 saturated carbocycles. The second-order valence-corrected chi connectivity index (χ2v) is 3.34. The number of aliphatic hydroxyl groups is 1. The third-order valence-electron chi connectivity index (χ3n) is 2.20. The first-order valence-corrected chi connectivity index (χ1v) is 5.25. The topological polar surface area (TPSA) is 32.3 Å². The Balaban J connectivity index is 2.34. The highest BCUT2D eigenvalue weighted by molar-refractivity contribution is 5.33. The van der Waals surface area contributed by atoms with Crippen LogP contribution in [0.5, 0.6) is 0 Å². The molecule has 0 aliphatic carbocycles. The van der Waals surface area contributed by atoms with E-state index in [0.29, 0.717) is 6.54 Å². The van der Waals surface area contributed by atoms with Gasteiger partial charge < -0.3 is 10.4 Å². The first-order chi connectivity index (χ1) is 7.36. The Morgan fingerprint density at radius 3 is 2.67 bits per heavy atom. The molecule has 2 nitrogen and oxygen atoms in total. The predicted octanol–water partition coefficient (Wildman–Crippen LogP) is 1.40. The van der Waals surface area contributed by atoms with Crippen molar-refractivity contribution < 1.29 is 5.11 Å². The van der Waals surface area contributed by atoms with E-state index in [0.717, 1.165) is 12.0 Å².